The molecule has 2 fully saturated rings. The van der Waals surface area contributed by atoms with Crippen LogP contribution < -0.4 is 4.72 Å². The van der Waals surface area contributed by atoms with Gasteiger partial charge in [0, 0.05) is 18.6 Å². The Morgan fingerprint density at radius 3 is 2.48 bits per heavy atom. The molecule has 124 valence electrons. The van der Waals surface area contributed by atoms with Gasteiger partial charge in [0.15, 0.2) is 0 Å². The van der Waals surface area contributed by atoms with Gasteiger partial charge in [-0.05, 0) is 37.5 Å². The molecule has 1 heterocycles. The maximum absolute atomic E-state index is 12.7. The zero-order chi connectivity index (χ0) is 15.5. The summed E-state index contributed by atoms with van der Waals surface area (Å²) in [5, 5.41) is 9.44. The number of rotatable bonds is 5. The Morgan fingerprint density at radius 2 is 1.81 bits per heavy atom. The predicted octanol–water partition coefficient (Wildman–Crippen LogP) is 1.88. The van der Waals surface area contributed by atoms with Crippen LogP contribution in [0, 0.1) is 11.8 Å². The summed E-state index contributed by atoms with van der Waals surface area (Å²) in [4.78, 5) is 0. The molecule has 2 aliphatic rings. The van der Waals surface area contributed by atoms with E-state index in [1.807, 2.05) is 0 Å². The number of nitrogens with zero attached hydrogens (tertiary/aromatic N) is 1. The average molecular weight is 318 g/mol. The van der Waals surface area contributed by atoms with Gasteiger partial charge >= 0.3 is 0 Å². The minimum absolute atomic E-state index is 0.0463. The van der Waals surface area contributed by atoms with Crippen LogP contribution in [0.2, 0.25) is 0 Å². The second-order valence-electron chi connectivity index (χ2n) is 6.86. The Labute approximate surface area is 129 Å². The van der Waals surface area contributed by atoms with Crippen LogP contribution in [-0.2, 0) is 10.2 Å². The summed E-state index contributed by atoms with van der Waals surface area (Å²) < 4.78 is 29.8. The molecule has 1 aliphatic carbocycles. The zero-order valence-electron chi connectivity index (χ0n) is 13.3. The summed E-state index contributed by atoms with van der Waals surface area (Å²) >= 11 is 0. The van der Waals surface area contributed by atoms with Crippen LogP contribution in [0.25, 0.3) is 0 Å². The van der Waals surface area contributed by atoms with E-state index in [9.17, 15) is 13.5 Å². The summed E-state index contributed by atoms with van der Waals surface area (Å²) in [6.07, 6.45) is 6.97. The molecule has 0 amide bonds. The largest absolute Gasteiger partial charge is 0.395 e. The molecule has 0 aromatic carbocycles. The van der Waals surface area contributed by atoms with E-state index in [-0.39, 0.29) is 18.7 Å². The molecule has 0 spiro atoms. The fourth-order valence-corrected chi connectivity index (χ4v) is 5.58. The highest BCUT2D eigenvalue weighted by atomic mass is 32.2. The van der Waals surface area contributed by atoms with Crippen molar-refractivity contribution >= 4 is 10.2 Å². The SMILES string of the molecule is CC(C)C1CCCCC1NS(=O)(=O)N1CCCCC1CO. The molecular weight excluding hydrogens is 288 g/mol. The lowest BCUT2D eigenvalue weighted by molar-refractivity contribution is 0.150. The van der Waals surface area contributed by atoms with Crippen molar-refractivity contribution in [3.8, 4) is 0 Å². The van der Waals surface area contributed by atoms with Crippen LogP contribution >= 0.6 is 0 Å². The first-order chi connectivity index (χ1) is 9.95. The summed E-state index contributed by atoms with van der Waals surface area (Å²) in [5.41, 5.74) is 0. The van der Waals surface area contributed by atoms with Gasteiger partial charge in [0.05, 0.1) is 6.61 Å². The summed E-state index contributed by atoms with van der Waals surface area (Å²) in [6.45, 7) is 4.79. The summed E-state index contributed by atoms with van der Waals surface area (Å²) in [5.74, 6) is 0.916. The second-order valence-corrected chi connectivity index (χ2v) is 8.52. The van der Waals surface area contributed by atoms with Crippen molar-refractivity contribution in [2.45, 2.75) is 70.9 Å². The lowest BCUT2D eigenvalue weighted by Crippen LogP contribution is -2.54. The van der Waals surface area contributed by atoms with Crippen LogP contribution in [0.3, 0.4) is 0 Å². The van der Waals surface area contributed by atoms with Gasteiger partial charge in [0.2, 0.25) is 0 Å². The third-order valence-corrected chi connectivity index (χ3v) is 6.77. The van der Waals surface area contributed by atoms with Gasteiger partial charge in [0.1, 0.15) is 0 Å². The molecule has 1 aliphatic heterocycles. The minimum Gasteiger partial charge on any atom is -0.395 e. The van der Waals surface area contributed by atoms with Crippen molar-refractivity contribution in [1.29, 1.82) is 0 Å². The second kappa shape index (κ2) is 7.40. The first-order valence-electron chi connectivity index (χ1n) is 8.35. The van der Waals surface area contributed by atoms with Crippen molar-refractivity contribution in [1.82, 2.24) is 9.03 Å². The number of piperidine rings is 1. The third kappa shape index (κ3) is 4.18. The molecule has 2 N–H and O–H groups in total. The van der Waals surface area contributed by atoms with E-state index < -0.39 is 10.2 Å². The van der Waals surface area contributed by atoms with E-state index in [0.717, 1.165) is 38.5 Å². The van der Waals surface area contributed by atoms with E-state index in [2.05, 4.69) is 18.6 Å². The highest BCUT2D eigenvalue weighted by molar-refractivity contribution is 7.87. The maximum Gasteiger partial charge on any atom is 0.280 e. The van der Waals surface area contributed by atoms with Crippen LogP contribution in [0.1, 0.15) is 58.8 Å². The van der Waals surface area contributed by atoms with E-state index in [0.29, 0.717) is 18.4 Å². The van der Waals surface area contributed by atoms with Crippen LogP contribution in [0.4, 0.5) is 0 Å². The fraction of sp³-hybridized carbons (Fsp3) is 1.00. The number of aliphatic hydroxyl groups excluding tert-OH is 1. The van der Waals surface area contributed by atoms with Crippen LogP contribution in [-0.4, -0.2) is 43.1 Å². The molecular formula is C15H30N2O3S. The Balaban J connectivity index is 2.08. The first kappa shape index (κ1) is 17.2. The molecule has 3 unspecified atom stereocenters. The molecule has 0 radical (unpaired) electrons. The van der Waals surface area contributed by atoms with Gasteiger partial charge in [-0.3, -0.25) is 0 Å². The molecule has 21 heavy (non-hydrogen) atoms. The minimum atomic E-state index is -3.49. The van der Waals surface area contributed by atoms with Crippen molar-refractivity contribution in [2.24, 2.45) is 11.8 Å². The fourth-order valence-electron chi connectivity index (χ4n) is 3.84. The molecule has 6 heteroatoms. The van der Waals surface area contributed by atoms with Crippen molar-refractivity contribution in [2.75, 3.05) is 13.2 Å². The summed E-state index contributed by atoms with van der Waals surface area (Å²) in [6, 6.07) is -0.206. The van der Waals surface area contributed by atoms with Crippen molar-refractivity contribution in [3.63, 3.8) is 0 Å². The van der Waals surface area contributed by atoms with Gasteiger partial charge in [0.25, 0.3) is 10.2 Å². The first-order valence-corrected chi connectivity index (χ1v) is 9.79. The predicted molar refractivity (Wildman–Crippen MR) is 84.1 cm³/mol. The van der Waals surface area contributed by atoms with Gasteiger partial charge in [-0.2, -0.15) is 17.4 Å². The maximum atomic E-state index is 12.7. The number of nitrogens with one attached hydrogen (secondary N) is 1. The highest BCUT2D eigenvalue weighted by Crippen LogP contribution is 2.31. The van der Waals surface area contributed by atoms with Gasteiger partial charge in [-0.15, -0.1) is 0 Å². The Bertz CT molecular complexity index is 425. The average Bonchev–Trinajstić information content (AvgIpc) is 2.47. The smallest absolute Gasteiger partial charge is 0.280 e. The zero-order valence-corrected chi connectivity index (χ0v) is 14.1. The number of hydrogen-bond acceptors (Lipinski definition) is 3. The third-order valence-electron chi connectivity index (χ3n) is 5.07. The Kier molecular flexibility index (Phi) is 6.05. The van der Waals surface area contributed by atoms with E-state index in [4.69, 9.17) is 0 Å². The molecule has 1 saturated carbocycles. The lowest BCUT2D eigenvalue weighted by Gasteiger charge is -2.38. The number of aliphatic hydroxyl groups is 1. The van der Waals surface area contributed by atoms with Crippen molar-refractivity contribution in [3.05, 3.63) is 0 Å². The van der Waals surface area contributed by atoms with E-state index >= 15 is 0 Å². The van der Waals surface area contributed by atoms with Gasteiger partial charge < -0.3 is 5.11 Å². The lowest BCUT2D eigenvalue weighted by atomic mass is 9.78. The van der Waals surface area contributed by atoms with Gasteiger partial charge in [-0.1, -0.05) is 33.1 Å². The quantitative estimate of drug-likeness (QED) is 0.813. The monoisotopic (exact) mass is 318 g/mol. The number of hydrogen-bond donors (Lipinski definition) is 2. The van der Waals surface area contributed by atoms with Crippen LogP contribution in [0.15, 0.2) is 0 Å². The molecule has 0 aromatic rings. The van der Waals surface area contributed by atoms with E-state index in [1.165, 1.54) is 10.7 Å². The molecule has 0 bridgehead atoms. The van der Waals surface area contributed by atoms with E-state index in [1.54, 1.807) is 0 Å². The highest BCUT2D eigenvalue weighted by Gasteiger charge is 2.36. The standard InChI is InChI=1S/C15H30N2O3S/c1-12(2)14-8-3-4-9-15(14)16-21(19,20)17-10-6-5-7-13(17)11-18/h12-16,18H,3-11H2,1-2H3. The molecule has 5 nitrogen and oxygen atoms in total. The Morgan fingerprint density at radius 1 is 1.14 bits per heavy atom. The Hall–Kier alpha value is -0.170. The molecule has 2 rings (SSSR count). The van der Waals surface area contributed by atoms with Crippen molar-refractivity contribution < 1.29 is 13.5 Å². The molecule has 3 atom stereocenters. The topological polar surface area (TPSA) is 69.6 Å². The van der Waals surface area contributed by atoms with Crippen LogP contribution in [0.5, 0.6) is 0 Å². The molecule has 0 aromatic heterocycles. The summed E-state index contributed by atoms with van der Waals surface area (Å²) in [7, 11) is -3.49. The van der Waals surface area contributed by atoms with Gasteiger partial charge in [-0.25, -0.2) is 0 Å². The normalized spacial score (nSPS) is 32.5. The molecule has 1 saturated heterocycles.